The van der Waals surface area contributed by atoms with Crippen molar-refractivity contribution in [3.05, 3.63) is 0 Å². The zero-order chi connectivity index (χ0) is 14.9. The predicted octanol–water partition coefficient (Wildman–Crippen LogP) is 4.05. The van der Waals surface area contributed by atoms with Crippen molar-refractivity contribution in [2.75, 3.05) is 20.3 Å². The standard InChI is InChI=1S/C16H32O3/c1-7-9-10-14(8-2)11-19-15(17)16(5,12-18-6)13(3)4/h13-14H,7-12H2,1-6H3. The molecule has 0 aliphatic heterocycles. The van der Waals surface area contributed by atoms with Crippen molar-refractivity contribution >= 4 is 5.97 Å². The molecule has 0 N–H and O–H groups in total. The van der Waals surface area contributed by atoms with Gasteiger partial charge in [-0.25, -0.2) is 0 Å². The van der Waals surface area contributed by atoms with Crippen LogP contribution >= 0.6 is 0 Å². The normalized spacial score (nSPS) is 16.2. The number of hydrogen-bond acceptors (Lipinski definition) is 3. The number of ether oxygens (including phenoxy) is 2. The van der Waals surface area contributed by atoms with E-state index in [1.54, 1.807) is 7.11 Å². The summed E-state index contributed by atoms with van der Waals surface area (Å²) in [7, 11) is 1.63. The van der Waals surface area contributed by atoms with Gasteiger partial charge in [0.25, 0.3) is 0 Å². The maximum absolute atomic E-state index is 12.3. The van der Waals surface area contributed by atoms with Gasteiger partial charge in [-0.1, -0.05) is 47.0 Å². The van der Waals surface area contributed by atoms with E-state index in [1.165, 1.54) is 12.8 Å². The van der Waals surface area contributed by atoms with Crippen molar-refractivity contribution in [1.82, 2.24) is 0 Å². The van der Waals surface area contributed by atoms with E-state index >= 15 is 0 Å². The Kier molecular flexibility index (Phi) is 9.07. The van der Waals surface area contributed by atoms with Gasteiger partial charge in [0, 0.05) is 7.11 Å². The molecule has 0 heterocycles. The molecule has 0 aliphatic rings. The molecule has 0 amide bonds. The molecular weight excluding hydrogens is 240 g/mol. The molecule has 2 unspecified atom stereocenters. The minimum absolute atomic E-state index is 0.126. The number of hydrogen-bond donors (Lipinski definition) is 0. The van der Waals surface area contributed by atoms with Crippen molar-refractivity contribution < 1.29 is 14.3 Å². The summed E-state index contributed by atoms with van der Waals surface area (Å²) in [4.78, 5) is 12.3. The Balaban J connectivity index is 4.40. The molecular formula is C16H32O3. The van der Waals surface area contributed by atoms with E-state index in [1.807, 2.05) is 20.8 Å². The smallest absolute Gasteiger partial charge is 0.314 e. The summed E-state index contributed by atoms with van der Waals surface area (Å²) in [5, 5.41) is 0. The fourth-order valence-corrected chi connectivity index (χ4v) is 2.02. The topological polar surface area (TPSA) is 35.5 Å². The summed E-state index contributed by atoms with van der Waals surface area (Å²) in [6.45, 7) is 11.3. The maximum Gasteiger partial charge on any atom is 0.314 e. The first-order chi connectivity index (χ1) is 8.92. The Labute approximate surface area is 119 Å². The molecule has 0 saturated carbocycles. The minimum atomic E-state index is -0.544. The quantitative estimate of drug-likeness (QED) is 0.563. The van der Waals surface area contributed by atoms with Gasteiger partial charge in [-0.2, -0.15) is 0 Å². The van der Waals surface area contributed by atoms with Gasteiger partial charge in [0.05, 0.1) is 18.6 Å². The van der Waals surface area contributed by atoms with Crippen LogP contribution in [0.2, 0.25) is 0 Å². The first-order valence-corrected chi connectivity index (χ1v) is 7.58. The van der Waals surface area contributed by atoms with Crippen molar-refractivity contribution in [1.29, 1.82) is 0 Å². The summed E-state index contributed by atoms with van der Waals surface area (Å²) < 4.78 is 10.7. The van der Waals surface area contributed by atoms with Crippen LogP contribution < -0.4 is 0 Å². The lowest BCUT2D eigenvalue weighted by molar-refractivity contribution is -0.163. The molecule has 0 radical (unpaired) electrons. The van der Waals surface area contributed by atoms with Crippen LogP contribution in [-0.2, 0) is 14.3 Å². The maximum atomic E-state index is 12.3. The van der Waals surface area contributed by atoms with E-state index < -0.39 is 5.41 Å². The SMILES string of the molecule is CCCCC(CC)COC(=O)C(C)(COC)C(C)C. The van der Waals surface area contributed by atoms with E-state index in [0.29, 0.717) is 19.1 Å². The monoisotopic (exact) mass is 272 g/mol. The molecule has 3 heteroatoms. The highest BCUT2D eigenvalue weighted by atomic mass is 16.5. The number of unbranched alkanes of at least 4 members (excludes halogenated alkanes) is 1. The number of carbonyl (C=O) groups is 1. The van der Waals surface area contributed by atoms with E-state index in [-0.39, 0.29) is 11.9 Å². The molecule has 114 valence electrons. The molecule has 0 spiro atoms. The molecule has 19 heavy (non-hydrogen) atoms. The second-order valence-electron chi connectivity index (χ2n) is 6.02. The fourth-order valence-electron chi connectivity index (χ4n) is 2.02. The summed E-state index contributed by atoms with van der Waals surface area (Å²) in [6.07, 6.45) is 4.60. The third-order valence-corrected chi connectivity index (χ3v) is 4.18. The van der Waals surface area contributed by atoms with Crippen LogP contribution in [0.15, 0.2) is 0 Å². The zero-order valence-electron chi connectivity index (χ0n) is 13.6. The van der Waals surface area contributed by atoms with Crippen LogP contribution in [0.4, 0.5) is 0 Å². The number of carbonyl (C=O) groups excluding carboxylic acids is 1. The number of methoxy groups -OCH3 is 1. The van der Waals surface area contributed by atoms with Gasteiger partial charge < -0.3 is 9.47 Å². The molecule has 0 saturated heterocycles. The second-order valence-corrected chi connectivity index (χ2v) is 6.02. The van der Waals surface area contributed by atoms with Crippen LogP contribution in [0, 0.1) is 17.3 Å². The van der Waals surface area contributed by atoms with Gasteiger partial charge in [-0.05, 0) is 25.2 Å². The van der Waals surface area contributed by atoms with Crippen molar-refractivity contribution in [2.45, 2.75) is 60.3 Å². The van der Waals surface area contributed by atoms with Crippen molar-refractivity contribution in [3.63, 3.8) is 0 Å². The molecule has 0 aromatic rings. The fraction of sp³-hybridized carbons (Fsp3) is 0.938. The van der Waals surface area contributed by atoms with Gasteiger partial charge in [0.2, 0.25) is 0 Å². The summed E-state index contributed by atoms with van der Waals surface area (Å²) in [5.41, 5.74) is -0.544. The summed E-state index contributed by atoms with van der Waals surface area (Å²) >= 11 is 0. The average molecular weight is 272 g/mol. The first-order valence-electron chi connectivity index (χ1n) is 7.58. The molecule has 0 aliphatic carbocycles. The molecule has 3 nitrogen and oxygen atoms in total. The number of rotatable bonds is 10. The van der Waals surface area contributed by atoms with Gasteiger partial charge >= 0.3 is 5.97 Å². The first kappa shape index (κ1) is 18.4. The Hall–Kier alpha value is -0.570. The van der Waals surface area contributed by atoms with Crippen LogP contribution in [0.5, 0.6) is 0 Å². The predicted molar refractivity (Wildman–Crippen MR) is 79.1 cm³/mol. The zero-order valence-corrected chi connectivity index (χ0v) is 13.6. The Bertz CT molecular complexity index is 250. The Morgan fingerprint density at radius 1 is 1.26 bits per heavy atom. The lowest BCUT2D eigenvalue weighted by Crippen LogP contribution is -2.39. The van der Waals surface area contributed by atoms with Gasteiger partial charge in [0.1, 0.15) is 0 Å². The molecule has 0 aromatic carbocycles. The van der Waals surface area contributed by atoms with Gasteiger partial charge in [-0.3, -0.25) is 4.79 Å². The van der Waals surface area contributed by atoms with Crippen LogP contribution in [0.25, 0.3) is 0 Å². The van der Waals surface area contributed by atoms with E-state index in [0.717, 1.165) is 12.8 Å². The molecule has 2 atom stereocenters. The minimum Gasteiger partial charge on any atom is -0.465 e. The summed E-state index contributed by atoms with van der Waals surface area (Å²) in [5.74, 6) is 0.567. The van der Waals surface area contributed by atoms with Crippen LogP contribution in [0.3, 0.4) is 0 Å². The third-order valence-electron chi connectivity index (χ3n) is 4.18. The van der Waals surface area contributed by atoms with Crippen molar-refractivity contribution in [2.24, 2.45) is 17.3 Å². The lowest BCUT2D eigenvalue weighted by atomic mass is 9.80. The molecule has 0 fully saturated rings. The highest BCUT2D eigenvalue weighted by Gasteiger charge is 2.38. The Morgan fingerprint density at radius 2 is 1.89 bits per heavy atom. The highest BCUT2D eigenvalue weighted by molar-refractivity contribution is 5.76. The van der Waals surface area contributed by atoms with Gasteiger partial charge in [-0.15, -0.1) is 0 Å². The van der Waals surface area contributed by atoms with Gasteiger partial charge in [0.15, 0.2) is 0 Å². The largest absolute Gasteiger partial charge is 0.465 e. The lowest BCUT2D eigenvalue weighted by Gasteiger charge is -2.31. The third kappa shape index (κ3) is 5.94. The Morgan fingerprint density at radius 3 is 2.32 bits per heavy atom. The van der Waals surface area contributed by atoms with Crippen LogP contribution in [0.1, 0.15) is 60.3 Å². The molecule has 0 bridgehead atoms. The number of esters is 1. The molecule has 0 aromatic heterocycles. The van der Waals surface area contributed by atoms with Crippen molar-refractivity contribution in [3.8, 4) is 0 Å². The second kappa shape index (κ2) is 9.35. The summed E-state index contributed by atoms with van der Waals surface area (Å²) in [6, 6.07) is 0. The average Bonchev–Trinajstić information content (AvgIpc) is 2.38. The van der Waals surface area contributed by atoms with E-state index in [9.17, 15) is 4.79 Å². The van der Waals surface area contributed by atoms with E-state index in [4.69, 9.17) is 9.47 Å². The highest BCUT2D eigenvalue weighted by Crippen LogP contribution is 2.29. The van der Waals surface area contributed by atoms with Crippen LogP contribution in [-0.4, -0.2) is 26.3 Å². The van der Waals surface area contributed by atoms with E-state index in [2.05, 4.69) is 13.8 Å². The molecule has 0 rings (SSSR count).